The van der Waals surface area contributed by atoms with E-state index in [1.807, 2.05) is 0 Å². The van der Waals surface area contributed by atoms with Gasteiger partial charge in [-0.3, -0.25) is 0 Å². The Morgan fingerprint density at radius 2 is 1.50 bits per heavy atom. The minimum Gasteiger partial charge on any atom is -0.316 e. The van der Waals surface area contributed by atoms with E-state index in [2.05, 4.69) is 39.9 Å². The van der Waals surface area contributed by atoms with Crippen molar-refractivity contribution in [3.05, 3.63) is 0 Å². The molecule has 0 saturated carbocycles. The molecule has 0 fully saturated rings. The Morgan fingerprint density at radius 1 is 0.833 bits per heavy atom. The highest BCUT2D eigenvalue weighted by Gasteiger charge is 2.12. The molecule has 0 rings (SSSR count). The number of nitrogens with one attached hydrogen (secondary N) is 1. The van der Waals surface area contributed by atoms with Crippen molar-refractivity contribution < 1.29 is 0 Å². The predicted molar refractivity (Wildman–Crippen MR) is 84.0 cm³/mol. The minimum atomic E-state index is 0.824. The zero-order chi connectivity index (χ0) is 13.8. The monoisotopic (exact) mass is 255 g/mol. The van der Waals surface area contributed by atoms with Crippen LogP contribution in [-0.2, 0) is 0 Å². The lowest BCUT2D eigenvalue weighted by molar-refractivity contribution is 0.328. The summed E-state index contributed by atoms with van der Waals surface area (Å²) in [6.45, 7) is 14.1. The molecule has 0 aliphatic heterocycles. The van der Waals surface area contributed by atoms with E-state index < -0.39 is 0 Å². The molecule has 0 saturated heterocycles. The van der Waals surface area contributed by atoms with Crippen molar-refractivity contribution in [1.29, 1.82) is 0 Å². The molecular formula is C17H37N. The van der Waals surface area contributed by atoms with Gasteiger partial charge in [-0.1, -0.05) is 66.7 Å². The van der Waals surface area contributed by atoms with E-state index in [-0.39, 0.29) is 0 Å². The van der Waals surface area contributed by atoms with Gasteiger partial charge in [0.2, 0.25) is 0 Å². The second-order valence-electron chi connectivity index (χ2n) is 6.59. The lowest BCUT2D eigenvalue weighted by Gasteiger charge is -2.21. The fourth-order valence-corrected chi connectivity index (χ4v) is 2.42. The molecule has 1 atom stereocenters. The molecule has 0 heterocycles. The van der Waals surface area contributed by atoms with Crippen LogP contribution in [0.2, 0.25) is 0 Å². The number of hydrogen-bond donors (Lipinski definition) is 1. The average molecular weight is 255 g/mol. The fourth-order valence-electron chi connectivity index (χ4n) is 2.42. The third-order valence-electron chi connectivity index (χ3n) is 3.91. The second-order valence-corrected chi connectivity index (χ2v) is 6.59. The summed E-state index contributed by atoms with van der Waals surface area (Å²) in [5.74, 6) is 2.56. The van der Waals surface area contributed by atoms with E-state index >= 15 is 0 Å². The summed E-state index contributed by atoms with van der Waals surface area (Å²) in [6.07, 6.45) is 9.67. The van der Waals surface area contributed by atoms with Gasteiger partial charge in [0.15, 0.2) is 0 Å². The summed E-state index contributed by atoms with van der Waals surface area (Å²) < 4.78 is 0. The summed E-state index contributed by atoms with van der Waals surface area (Å²) in [5, 5.41) is 3.67. The van der Waals surface area contributed by atoms with Crippen molar-refractivity contribution in [2.24, 2.45) is 17.8 Å². The van der Waals surface area contributed by atoms with Gasteiger partial charge >= 0.3 is 0 Å². The standard InChI is InChI=1S/C17H37N/c1-6-7-8-12-17(16(4)5)14-18-13-10-9-11-15(2)3/h15-18H,6-14H2,1-5H3. The van der Waals surface area contributed by atoms with Crippen LogP contribution in [0.5, 0.6) is 0 Å². The molecule has 1 nitrogen and oxygen atoms in total. The Bertz CT molecular complexity index is 163. The molecule has 0 spiro atoms. The highest BCUT2D eigenvalue weighted by atomic mass is 14.9. The van der Waals surface area contributed by atoms with E-state index in [4.69, 9.17) is 0 Å². The first kappa shape index (κ1) is 18.0. The highest BCUT2D eigenvalue weighted by molar-refractivity contribution is 4.66. The maximum atomic E-state index is 3.67. The molecule has 0 aliphatic rings. The van der Waals surface area contributed by atoms with Crippen LogP contribution in [0.1, 0.15) is 79.6 Å². The van der Waals surface area contributed by atoms with Crippen LogP contribution < -0.4 is 5.32 Å². The molecule has 0 aromatic rings. The molecule has 0 aromatic heterocycles. The van der Waals surface area contributed by atoms with E-state index in [9.17, 15) is 0 Å². The number of rotatable bonds is 12. The zero-order valence-electron chi connectivity index (χ0n) is 13.6. The topological polar surface area (TPSA) is 12.0 Å². The van der Waals surface area contributed by atoms with Crippen molar-refractivity contribution in [2.45, 2.75) is 79.6 Å². The maximum Gasteiger partial charge on any atom is -0.00181 e. The summed E-state index contributed by atoms with van der Waals surface area (Å²) in [6, 6.07) is 0. The van der Waals surface area contributed by atoms with Crippen molar-refractivity contribution in [1.82, 2.24) is 5.32 Å². The number of hydrogen-bond acceptors (Lipinski definition) is 1. The summed E-state index contributed by atoms with van der Waals surface area (Å²) in [7, 11) is 0. The first-order valence-corrected chi connectivity index (χ1v) is 8.28. The molecule has 0 aliphatic carbocycles. The van der Waals surface area contributed by atoms with E-state index in [0.29, 0.717) is 0 Å². The summed E-state index contributed by atoms with van der Waals surface area (Å²) >= 11 is 0. The Labute approximate surface area is 116 Å². The van der Waals surface area contributed by atoms with Gasteiger partial charge in [0.25, 0.3) is 0 Å². The molecule has 110 valence electrons. The van der Waals surface area contributed by atoms with Gasteiger partial charge in [0.1, 0.15) is 0 Å². The summed E-state index contributed by atoms with van der Waals surface area (Å²) in [5.41, 5.74) is 0. The van der Waals surface area contributed by atoms with Crippen LogP contribution in [0.3, 0.4) is 0 Å². The Morgan fingerprint density at radius 3 is 2.06 bits per heavy atom. The van der Waals surface area contributed by atoms with Crippen LogP contribution in [0.25, 0.3) is 0 Å². The molecule has 1 N–H and O–H groups in total. The third-order valence-corrected chi connectivity index (χ3v) is 3.91. The lowest BCUT2D eigenvalue weighted by atomic mass is 9.90. The van der Waals surface area contributed by atoms with E-state index in [0.717, 1.165) is 17.8 Å². The third kappa shape index (κ3) is 11.1. The smallest absolute Gasteiger partial charge is 0.00181 e. The van der Waals surface area contributed by atoms with Crippen LogP contribution in [-0.4, -0.2) is 13.1 Å². The van der Waals surface area contributed by atoms with E-state index in [1.54, 1.807) is 0 Å². The van der Waals surface area contributed by atoms with Gasteiger partial charge < -0.3 is 5.32 Å². The predicted octanol–water partition coefficient (Wildman–Crippen LogP) is 5.25. The first-order chi connectivity index (χ1) is 8.57. The highest BCUT2D eigenvalue weighted by Crippen LogP contribution is 2.18. The molecule has 0 bridgehead atoms. The fraction of sp³-hybridized carbons (Fsp3) is 1.00. The van der Waals surface area contributed by atoms with Crippen molar-refractivity contribution in [3.8, 4) is 0 Å². The van der Waals surface area contributed by atoms with Crippen LogP contribution in [0.15, 0.2) is 0 Å². The lowest BCUT2D eigenvalue weighted by Crippen LogP contribution is -2.27. The molecule has 1 heteroatoms. The quantitative estimate of drug-likeness (QED) is 0.469. The van der Waals surface area contributed by atoms with Crippen LogP contribution in [0.4, 0.5) is 0 Å². The normalized spacial score (nSPS) is 13.5. The van der Waals surface area contributed by atoms with Crippen LogP contribution >= 0.6 is 0 Å². The van der Waals surface area contributed by atoms with Crippen molar-refractivity contribution >= 4 is 0 Å². The van der Waals surface area contributed by atoms with Crippen LogP contribution in [0, 0.1) is 17.8 Å². The Kier molecular flexibility index (Phi) is 12.0. The molecule has 1 unspecified atom stereocenters. The second kappa shape index (κ2) is 12.0. The molecule has 0 aromatic carbocycles. The van der Waals surface area contributed by atoms with Gasteiger partial charge in [-0.15, -0.1) is 0 Å². The SMILES string of the molecule is CCCCCC(CNCCCCC(C)C)C(C)C. The maximum absolute atomic E-state index is 3.67. The Hall–Kier alpha value is -0.0400. The first-order valence-electron chi connectivity index (χ1n) is 8.28. The molecule has 18 heavy (non-hydrogen) atoms. The number of unbranched alkanes of at least 4 members (excludes halogenated alkanes) is 3. The van der Waals surface area contributed by atoms with Gasteiger partial charge in [-0.05, 0) is 43.7 Å². The Balaban J connectivity index is 3.52. The summed E-state index contributed by atoms with van der Waals surface area (Å²) in [4.78, 5) is 0. The minimum absolute atomic E-state index is 0.824. The van der Waals surface area contributed by atoms with E-state index in [1.165, 1.54) is 58.0 Å². The van der Waals surface area contributed by atoms with Gasteiger partial charge in [0.05, 0.1) is 0 Å². The molecule has 0 radical (unpaired) electrons. The van der Waals surface area contributed by atoms with Crippen molar-refractivity contribution in [3.63, 3.8) is 0 Å². The zero-order valence-corrected chi connectivity index (χ0v) is 13.6. The van der Waals surface area contributed by atoms with Crippen molar-refractivity contribution in [2.75, 3.05) is 13.1 Å². The van der Waals surface area contributed by atoms with Gasteiger partial charge in [-0.25, -0.2) is 0 Å². The van der Waals surface area contributed by atoms with Gasteiger partial charge in [0, 0.05) is 0 Å². The van der Waals surface area contributed by atoms with Gasteiger partial charge in [-0.2, -0.15) is 0 Å². The largest absolute Gasteiger partial charge is 0.316 e. The molecule has 0 amide bonds. The average Bonchev–Trinajstić information content (AvgIpc) is 2.30. The molecular weight excluding hydrogens is 218 g/mol.